The fourth-order valence-corrected chi connectivity index (χ4v) is 2.90. The van der Waals surface area contributed by atoms with Gasteiger partial charge in [0, 0.05) is 17.6 Å². The topological polar surface area (TPSA) is 40.5 Å². The summed E-state index contributed by atoms with van der Waals surface area (Å²) < 4.78 is 13.5. The molecule has 0 spiro atoms. The third kappa shape index (κ3) is 3.43. The minimum atomic E-state index is -0.454. The number of halogens is 1. The van der Waals surface area contributed by atoms with E-state index in [1.165, 1.54) is 18.2 Å². The Morgan fingerprint density at radius 1 is 1.38 bits per heavy atom. The Labute approximate surface area is 124 Å². The highest BCUT2D eigenvalue weighted by Gasteiger charge is 2.30. The van der Waals surface area contributed by atoms with Crippen molar-refractivity contribution in [2.45, 2.75) is 45.2 Å². The maximum atomic E-state index is 13.5. The number of nitrogens with zero attached hydrogens (tertiary/aromatic N) is 1. The molecular formula is C17H20FNO2. The highest BCUT2D eigenvalue weighted by atomic mass is 19.1. The van der Waals surface area contributed by atoms with Gasteiger partial charge in [-0.1, -0.05) is 11.8 Å². The van der Waals surface area contributed by atoms with Crippen molar-refractivity contribution in [3.8, 4) is 11.8 Å². The number of piperidine rings is 1. The van der Waals surface area contributed by atoms with Crippen molar-refractivity contribution < 1.29 is 14.3 Å². The molecule has 0 bridgehead atoms. The van der Waals surface area contributed by atoms with Gasteiger partial charge >= 0.3 is 0 Å². The molecule has 3 nitrogen and oxygen atoms in total. The van der Waals surface area contributed by atoms with Gasteiger partial charge < -0.3 is 10.0 Å². The summed E-state index contributed by atoms with van der Waals surface area (Å²) in [6.45, 7) is 3.75. The van der Waals surface area contributed by atoms with Crippen LogP contribution < -0.4 is 0 Å². The summed E-state index contributed by atoms with van der Waals surface area (Å²) in [5.74, 6) is 4.61. The number of amides is 1. The zero-order valence-electron chi connectivity index (χ0n) is 12.4. The molecule has 1 fully saturated rings. The van der Waals surface area contributed by atoms with Crippen molar-refractivity contribution in [3.05, 3.63) is 35.1 Å². The number of likely N-dealkylation sites (tertiary alicyclic amines) is 1. The van der Waals surface area contributed by atoms with Crippen molar-refractivity contribution in [2.24, 2.45) is 0 Å². The van der Waals surface area contributed by atoms with Crippen LogP contribution in [0.15, 0.2) is 18.2 Å². The lowest BCUT2D eigenvalue weighted by Crippen LogP contribution is -2.47. The fraction of sp³-hybridized carbons (Fsp3) is 0.471. The van der Waals surface area contributed by atoms with E-state index in [2.05, 4.69) is 11.8 Å². The molecule has 112 valence electrons. The predicted octanol–water partition coefficient (Wildman–Crippen LogP) is 2.57. The van der Waals surface area contributed by atoms with E-state index in [9.17, 15) is 9.18 Å². The Hall–Kier alpha value is -1.86. The molecule has 1 aromatic carbocycles. The van der Waals surface area contributed by atoms with Gasteiger partial charge in [-0.25, -0.2) is 4.39 Å². The van der Waals surface area contributed by atoms with Crippen LogP contribution in [0.4, 0.5) is 4.39 Å². The number of aliphatic hydroxyl groups excluding tert-OH is 1. The summed E-state index contributed by atoms with van der Waals surface area (Å²) >= 11 is 0. The number of carbonyl (C=O) groups excluding carboxylic acids is 1. The number of hydrogen-bond donors (Lipinski definition) is 1. The van der Waals surface area contributed by atoms with Crippen LogP contribution in [-0.4, -0.2) is 34.6 Å². The smallest absolute Gasteiger partial charge is 0.255 e. The first-order chi connectivity index (χ1) is 10.0. The molecule has 1 N–H and O–H groups in total. The fourth-order valence-electron chi connectivity index (χ4n) is 2.90. The first-order valence-electron chi connectivity index (χ1n) is 7.26. The molecule has 0 aromatic heterocycles. The molecular weight excluding hydrogens is 269 g/mol. The zero-order chi connectivity index (χ0) is 15.4. The van der Waals surface area contributed by atoms with Crippen LogP contribution in [0.5, 0.6) is 0 Å². The summed E-state index contributed by atoms with van der Waals surface area (Å²) in [5, 5.41) is 8.80. The lowest BCUT2D eigenvalue weighted by molar-refractivity contribution is 0.0510. The van der Waals surface area contributed by atoms with Crippen LogP contribution in [0.25, 0.3) is 0 Å². The van der Waals surface area contributed by atoms with E-state index in [1.807, 2.05) is 18.7 Å². The van der Waals surface area contributed by atoms with Crippen LogP contribution in [0, 0.1) is 17.7 Å². The van der Waals surface area contributed by atoms with Gasteiger partial charge in [0.05, 0.1) is 5.56 Å². The molecule has 1 heterocycles. The monoisotopic (exact) mass is 289 g/mol. The number of hydrogen-bond acceptors (Lipinski definition) is 2. The van der Waals surface area contributed by atoms with Crippen molar-refractivity contribution in [3.63, 3.8) is 0 Å². The number of rotatable bonds is 1. The highest BCUT2D eigenvalue weighted by Crippen LogP contribution is 2.25. The Morgan fingerprint density at radius 3 is 2.67 bits per heavy atom. The lowest BCUT2D eigenvalue weighted by atomic mass is 9.95. The second-order valence-electron chi connectivity index (χ2n) is 5.49. The first kappa shape index (κ1) is 15.5. The van der Waals surface area contributed by atoms with Crippen LogP contribution in [0.2, 0.25) is 0 Å². The molecule has 1 aromatic rings. The molecule has 21 heavy (non-hydrogen) atoms. The van der Waals surface area contributed by atoms with Gasteiger partial charge in [-0.3, -0.25) is 4.79 Å². The lowest BCUT2D eigenvalue weighted by Gasteiger charge is -2.39. The van der Waals surface area contributed by atoms with Crippen LogP contribution in [0.3, 0.4) is 0 Å². The molecule has 2 atom stereocenters. The van der Waals surface area contributed by atoms with Crippen LogP contribution in [0.1, 0.15) is 49.0 Å². The number of carbonyl (C=O) groups is 1. The van der Waals surface area contributed by atoms with Crippen molar-refractivity contribution >= 4 is 5.91 Å². The molecule has 1 saturated heterocycles. The molecule has 1 aliphatic heterocycles. The zero-order valence-corrected chi connectivity index (χ0v) is 12.4. The first-order valence-corrected chi connectivity index (χ1v) is 7.26. The van der Waals surface area contributed by atoms with Crippen LogP contribution >= 0.6 is 0 Å². The Kier molecular flexibility index (Phi) is 4.98. The van der Waals surface area contributed by atoms with Gasteiger partial charge in [0.1, 0.15) is 12.4 Å². The molecule has 0 radical (unpaired) electrons. The molecule has 2 rings (SSSR count). The Balaban J connectivity index is 2.39. The van der Waals surface area contributed by atoms with Gasteiger partial charge in [0.25, 0.3) is 5.91 Å². The molecule has 0 unspecified atom stereocenters. The average Bonchev–Trinajstić information content (AvgIpc) is 2.45. The minimum Gasteiger partial charge on any atom is -0.384 e. The summed E-state index contributed by atoms with van der Waals surface area (Å²) in [4.78, 5) is 14.6. The van der Waals surface area contributed by atoms with E-state index in [-0.39, 0.29) is 30.2 Å². The van der Waals surface area contributed by atoms with E-state index < -0.39 is 5.82 Å². The number of benzene rings is 1. The summed E-state index contributed by atoms with van der Waals surface area (Å²) in [6.07, 6.45) is 3.03. The van der Waals surface area contributed by atoms with Gasteiger partial charge in [-0.05, 0) is 51.3 Å². The largest absolute Gasteiger partial charge is 0.384 e. The third-order valence-corrected chi connectivity index (χ3v) is 3.94. The van der Waals surface area contributed by atoms with E-state index in [0.29, 0.717) is 5.56 Å². The second kappa shape index (κ2) is 6.73. The van der Waals surface area contributed by atoms with E-state index in [1.54, 1.807) is 0 Å². The summed E-state index contributed by atoms with van der Waals surface area (Å²) in [5.41, 5.74) is 0.733. The van der Waals surface area contributed by atoms with Crippen molar-refractivity contribution in [1.29, 1.82) is 0 Å². The summed E-state index contributed by atoms with van der Waals surface area (Å²) in [7, 11) is 0. The van der Waals surface area contributed by atoms with E-state index >= 15 is 0 Å². The van der Waals surface area contributed by atoms with Crippen molar-refractivity contribution in [1.82, 2.24) is 4.90 Å². The molecule has 1 amide bonds. The quantitative estimate of drug-likeness (QED) is 0.807. The predicted molar refractivity (Wildman–Crippen MR) is 79.3 cm³/mol. The normalized spacial score (nSPS) is 21.6. The summed E-state index contributed by atoms with van der Waals surface area (Å²) in [6, 6.07) is 4.29. The third-order valence-electron chi connectivity index (χ3n) is 3.94. The molecule has 1 aliphatic rings. The maximum Gasteiger partial charge on any atom is 0.255 e. The van der Waals surface area contributed by atoms with E-state index in [0.717, 1.165) is 19.3 Å². The minimum absolute atomic E-state index is 0.142. The Morgan fingerprint density at radius 2 is 2.05 bits per heavy atom. The second-order valence-corrected chi connectivity index (χ2v) is 5.49. The number of aliphatic hydroxyl groups is 1. The highest BCUT2D eigenvalue weighted by molar-refractivity contribution is 5.97. The average molecular weight is 289 g/mol. The van der Waals surface area contributed by atoms with E-state index in [4.69, 9.17) is 5.11 Å². The maximum absolute atomic E-state index is 13.5. The standard InChI is InChI=1S/C17H20FNO2/c1-12-5-3-6-13(2)19(12)17(21)16-11-15(18)9-8-14(16)7-4-10-20/h8-9,11-13,20H,3,5-6,10H2,1-2H3/t12-,13+. The van der Waals surface area contributed by atoms with Gasteiger partial charge in [-0.2, -0.15) is 0 Å². The SMILES string of the molecule is C[C@@H]1CCC[C@H](C)N1C(=O)c1cc(F)ccc1C#CCO. The van der Waals surface area contributed by atoms with Crippen LogP contribution in [-0.2, 0) is 0 Å². The van der Waals surface area contributed by atoms with Gasteiger partial charge in [0.2, 0.25) is 0 Å². The molecule has 0 saturated carbocycles. The van der Waals surface area contributed by atoms with Gasteiger partial charge in [0.15, 0.2) is 0 Å². The molecule has 0 aliphatic carbocycles. The van der Waals surface area contributed by atoms with Gasteiger partial charge in [-0.15, -0.1) is 0 Å². The van der Waals surface area contributed by atoms with Crippen molar-refractivity contribution in [2.75, 3.05) is 6.61 Å². The Bertz CT molecular complexity index is 578. The molecule has 4 heteroatoms.